The van der Waals surface area contributed by atoms with E-state index in [1.807, 2.05) is 12.1 Å². The number of nitrogen functional groups attached to an aromatic ring is 1. The van der Waals surface area contributed by atoms with Crippen LogP contribution in [0.2, 0.25) is 5.02 Å². The van der Waals surface area contributed by atoms with Gasteiger partial charge in [-0.25, -0.2) is 0 Å². The second-order valence-electron chi connectivity index (χ2n) is 5.30. The Kier molecular flexibility index (Phi) is 4.06. The van der Waals surface area contributed by atoms with Crippen LogP contribution in [0, 0.1) is 0 Å². The van der Waals surface area contributed by atoms with E-state index < -0.39 is 0 Å². The highest BCUT2D eigenvalue weighted by atomic mass is 35.5. The lowest BCUT2D eigenvalue weighted by atomic mass is 10.2. The molecule has 112 valence electrons. The molecule has 1 amide bonds. The van der Waals surface area contributed by atoms with Crippen molar-refractivity contribution in [2.45, 2.75) is 31.4 Å². The number of nitrogens with two attached hydrogens (primary N) is 1. The summed E-state index contributed by atoms with van der Waals surface area (Å²) in [5.74, 6) is -0.119. The van der Waals surface area contributed by atoms with E-state index in [2.05, 4.69) is 5.32 Å². The van der Waals surface area contributed by atoms with Crippen LogP contribution in [0.25, 0.3) is 10.1 Å². The zero-order valence-electron chi connectivity index (χ0n) is 11.7. The standard InChI is InChI=1S/C15H17ClN2O2S/c1-20-9-6-5-8(7-9)18-15(19)14-13(17)12-10(16)3-2-4-11(12)21-14/h2-4,8-9H,5-7,17H2,1H3,(H,18,19). The average Bonchev–Trinajstić information content (AvgIpc) is 3.04. The van der Waals surface area contributed by atoms with Gasteiger partial charge >= 0.3 is 0 Å². The predicted molar refractivity (Wildman–Crippen MR) is 87.1 cm³/mol. The van der Waals surface area contributed by atoms with Crippen LogP contribution in [-0.4, -0.2) is 25.2 Å². The molecule has 1 aliphatic carbocycles. The van der Waals surface area contributed by atoms with Gasteiger partial charge in [0.1, 0.15) is 4.88 Å². The molecule has 1 aromatic heterocycles. The predicted octanol–water partition coefficient (Wildman–Crippen LogP) is 3.43. The molecule has 21 heavy (non-hydrogen) atoms. The number of rotatable bonds is 3. The Morgan fingerprint density at radius 3 is 2.95 bits per heavy atom. The lowest BCUT2D eigenvalue weighted by Crippen LogP contribution is -2.33. The van der Waals surface area contributed by atoms with Crippen LogP contribution in [0.1, 0.15) is 28.9 Å². The molecule has 0 aliphatic heterocycles. The molecule has 0 radical (unpaired) electrons. The second-order valence-corrected chi connectivity index (χ2v) is 6.76. The number of fused-ring (bicyclic) bond motifs is 1. The molecule has 1 fully saturated rings. The Hall–Kier alpha value is -1.30. The zero-order valence-corrected chi connectivity index (χ0v) is 13.3. The molecule has 0 saturated heterocycles. The first kappa shape index (κ1) is 14.6. The summed E-state index contributed by atoms with van der Waals surface area (Å²) in [4.78, 5) is 13.0. The van der Waals surface area contributed by atoms with Crippen molar-refractivity contribution >= 4 is 44.6 Å². The number of methoxy groups -OCH3 is 1. The molecular formula is C15H17ClN2O2S. The molecule has 4 nitrogen and oxygen atoms in total. The van der Waals surface area contributed by atoms with Gasteiger partial charge in [-0.3, -0.25) is 4.79 Å². The lowest BCUT2D eigenvalue weighted by Gasteiger charge is -2.12. The van der Waals surface area contributed by atoms with Gasteiger partial charge in [0, 0.05) is 23.2 Å². The van der Waals surface area contributed by atoms with Crippen molar-refractivity contribution < 1.29 is 9.53 Å². The smallest absolute Gasteiger partial charge is 0.263 e. The molecule has 1 aliphatic rings. The molecule has 2 atom stereocenters. The first-order valence-corrected chi connectivity index (χ1v) is 8.09. The Bertz CT molecular complexity index is 686. The van der Waals surface area contributed by atoms with Gasteiger partial charge in [-0.05, 0) is 31.4 Å². The number of hydrogen-bond acceptors (Lipinski definition) is 4. The number of amides is 1. The Morgan fingerprint density at radius 2 is 2.29 bits per heavy atom. The molecule has 1 heterocycles. The molecule has 6 heteroatoms. The van der Waals surface area contributed by atoms with Crippen molar-refractivity contribution in [1.29, 1.82) is 0 Å². The third-order valence-corrected chi connectivity index (χ3v) is 5.45. The second kappa shape index (κ2) is 5.83. The van der Waals surface area contributed by atoms with Crippen LogP contribution in [0.5, 0.6) is 0 Å². The minimum atomic E-state index is -0.119. The van der Waals surface area contributed by atoms with Crippen molar-refractivity contribution in [3.8, 4) is 0 Å². The number of nitrogens with one attached hydrogen (secondary N) is 1. The van der Waals surface area contributed by atoms with E-state index in [0.29, 0.717) is 15.6 Å². The Morgan fingerprint density at radius 1 is 1.48 bits per heavy atom. The number of halogens is 1. The summed E-state index contributed by atoms with van der Waals surface area (Å²) < 4.78 is 6.26. The number of benzene rings is 1. The van der Waals surface area contributed by atoms with Gasteiger partial charge < -0.3 is 15.8 Å². The van der Waals surface area contributed by atoms with Gasteiger partial charge in [-0.1, -0.05) is 17.7 Å². The Labute approximate surface area is 132 Å². The van der Waals surface area contributed by atoms with Crippen molar-refractivity contribution in [2.75, 3.05) is 12.8 Å². The van der Waals surface area contributed by atoms with E-state index >= 15 is 0 Å². The molecule has 3 rings (SSSR count). The summed E-state index contributed by atoms with van der Waals surface area (Å²) in [6.45, 7) is 0. The van der Waals surface area contributed by atoms with Crippen molar-refractivity contribution in [2.24, 2.45) is 0 Å². The number of anilines is 1. The van der Waals surface area contributed by atoms with E-state index in [1.165, 1.54) is 11.3 Å². The summed E-state index contributed by atoms with van der Waals surface area (Å²) in [6, 6.07) is 5.73. The topological polar surface area (TPSA) is 64.3 Å². The monoisotopic (exact) mass is 324 g/mol. The number of ether oxygens (including phenoxy) is 1. The fourth-order valence-corrected chi connectivity index (χ4v) is 4.22. The molecule has 1 saturated carbocycles. The van der Waals surface area contributed by atoms with E-state index in [4.69, 9.17) is 22.1 Å². The van der Waals surface area contributed by atoms with E-state index in [-0.39, 0.29) is 18.1 Å². The van der Waals surface area contributed by atoms with Crippen LogP contribution in [0.3, 0.4) is 0 Å². The SMILES string of the molecule is COC1CCC(NC(=O)c2sc3cccc(Cl)c3c2N)C1. The number of thiophene rings is 1. The minimum Gasteiger partial charge on any atom is -0.397 e. The number of hydrogen-bond donors (Lipinski definition) is 2. The maximum atomic E-state index is 12.4. The fraction of sp³-hybridized carbons (Fsp3) is 0.400. The van der Waals surface area contributed by atoms with Crippen molar-refractivity contribution in [3.63, 3.8) is 0 Å². The summed E-state index contributed by atoms with van der Waals surface area (Å²) in [5.41, 5.74) is 6.58. The van der Waals surface area contributed by atoms with Gasteiger partial charge in [0.15, 0.2) is 0 Å². The van der Waals surface area contributed by atoms with Crippen LogP contribution in [0.15, 0.2) is 18.2 Å². The van der Waals surface area contributed by atoms with Crippen LogP contribution in [0.4, 0.5) is 5.69 Å². The van der Waals surface area contributed by atoms with Gasteiger partial charge in [0.2, 0.25) is 0 Å². The van der Waals surface area contributed by atoms with Gasteiger partial charge in [0.05, 0.1) is 16.8 Å². The number of carbonyl (C=O) groups is 1. The fourth-order valence-electron chi connectivity index (χ4n) is 2.83. The maximum absolute atomic E-state index is 12.4. The molecule has 2 aromatic rings. The minimum absolute atomic E-state index is 0.119. The van der Waals surface area contributed by atoms with Gasteiger partial charge in [-0.2, -0.15) is 0 Å². The van der Waals surface area contributed by atoms with E-state index in [1.54, 1.807) is 13.2 Å². The van der Waals surface area contributed by atoms with E-state index in [0.717, 1.165) is 29.3 Å². The third kappa shape index (κ3) is 2.73. The molecule has 2 unspecified atom stereocenters. The number of carbonyl (C=O) groups excluding carboxylic acids is 1. The summed E-state index contributed by atoms with van der Waals surface area (Å²) in [6.07, 6.45) is 3.02. The molecule has 0 spiro atoms. The van der Waals surface area contributed by atoms with Gasteiger partial charge in [0.25, 0.3) is 5.91 Å². The van der Waals surface area contributed by atoms with Crippen LogP contribution < -0.4 is 11.1 Å². The average molecular weight is 325 g/mol. The summed E-state index contributed by atoms with van der Waals surface area (Å²) in [7, 11) is 1.71. The largest absolute Gasteiger partial charge is 0.397 e. The molecule has 1 aromatic carbocycles. The highest BCUT2D eigenvalue weighted by Crippen LogP contribution is 2.38. The lowest BCUT2D eigenvalue weighted by molar-refractivity contribution is 0.0919. The van der Waals surface area contributed by atoms with Crippen molar-refractivity contribution in [1.82, 2.24) is 5.32 Å². The first-order chi connectivity index (χ1) is 10.1. The van der Waals surface area contributed by atoms with Gasteiger partial charge in [-0.15, -0.1) is 11.3 Å². The van der Waals surface area contributed by atoms with Crippen LogP contribution >= 0.6 is 22.9 Å². The van der Waals surface area contributed by atoms with Crippen molar-refractivity contribution in [3.05, 3.63) is 28.1 Å². The highest BCUT2D eigenvalue weighted by Gasteiger charge is 2.27. The molecule has 3 N–H and O–H groups in total. The zero-order chi connectivity index (χ0) is 15.0. The molecule has 0 bridgehead atoms. The highest BCUT2D eigenvalue weighted by molar-refractivity contribution is 7.21. The maximum Gasteiger partial charge on any atom is 0.263 e. The normalized spacial score (nSPS) is 21.8. The quantitative estimate of drug-likeness (QED) is 0.909. The third-order valence-electron chi connectivity index (χ3n) is 3.96. The van der Waals surface area contributed by atoms with Crippen LogP contribution in [-0.2, 0) is 4.74 Å². The Balaban J connectivity index is 1.82. The van der Waals surface area contributed by atoms with E-state index in [9.17, 15) is 4.79 Å². The summed E-state index contributed by atoms with van der Waals surface area (Å²) in [5, 5.41) is 4.41. The molecular weight excluding hydrogens is 308 g/mol. The summed E-state index contributed by atoms with van der Waals surface area (Å²) >= 11 is 7.55. The first-order valence-electron chi connectivity index (χ1n) is 6.90.